The second-order valence-electron chi connectivity index (χ2n) is 1.67. The summed E-state index contributed by atoms with van der Waals surface area (Å²) in [5, 5.41) is 8.01. The van der Waals surface area contributed by atoms with E-state index < -0.39 is 12.0 Å². The molecule has 0 radical (unpaired) electrons. The van der Waals surface area contributed by atoms with Gasteiger partial charge < -0.3 is 10.8 Å². The summed E-state index contributed by atoms with van der Waals surface area (Å²) in [6.45, 7) is 0. The van der Waals surface area contributed by atoms with Crippen LogP contribution in [0.3, 0.4) is 0 Å². The van der Waals surface area contributed by atoms with Gasteiger partial charge >= 0.3 is 17.6 Å². The standard InChI is InChI=1S/C3H7NO2S.C2H4OS2/c4-2(1-7)3(5)6;3-5-2-1-4/h2,7H,1,4H2,(H,5,6);1-2H2/p+1/t2-;/m0./s1. The van der Waals surface area contributed by atoms with Crippen LogP contribution in [0.5, 0.6) is 0 Å². The lowest BCUT2D eigenvalue weighted by Crippen LogP contribution is -2.31. The molecule has 4 nitrogen and oxygen atoms in total. The van der Waals surface area contributed by atoms with Crippen molar-refractivity contribution < 1.29 is 14.1 Å². The summed E-state index contributed by atoms with van der Waals surface area (Å²) >= 11 is 8.00. The average Bonchev–Trinajstić information content (AvgIpc) is 2.05. The summed E-state index contributed by atoms with van der Waals surface area (Å²) in [6.07, 6.45) is 0. The summed E-state index contributed by atoms with van der Waals surface area (Å²) in [4.78, 5) is 9.76. The van der Waals surface area contributed by atoms with Crippen molar-refractivity contribution in [2.75, 3.05) is 17.3 Å². The van der Waals surface area contributed by atoms with Gasteiger partial charge in [0.05, 0.1) is 0 Å². The molecule has 0 fully saturated rings. The second kappa shape index (κ2) is 11.2. The zero-order chi connectivity index (χ0) is 9.98. The molecule has 7 heteroatoms. The minimum Gasteiger partial charge on any atom is -0.480 e. The Bertz CT molecular complexity index is 133. The number of rotatable bonds is 4. The van der Waals surface area contributed by atoms with Crippen LogP contribution in [0.4, 0.5) is 0 Å². The van der Waals surface area contributed by atoms with Crippen LogP contribution in [0.25, 0.3) is 0 Å². The highest BCUT2D eigenvalue weighted by molar-refractivity contribution is 7.81. The topological polar surface area (TPSA) is 80.4 Å². The summed E-state index contributed by atoms with van der Waals surface area (Å²) in [5.74, 6) is 0.488. The van der Waals surface area contributed by atoms with Gasteiger partial charge in [-0.25, -0.2) is 0 Å². The molecule has 0 aromatic carbocycles. The lowest BCUT2D eigenvalue weighted by molar-refractivity contribution is -0.137. The number of hydrogen-bond acceptors (Lipinski definition) is 5. The molecule has 0 aliphatic carbocycles. The minimum absolute atomic E-state index is 0.190. The molecule has 0 heterocycles. The molecule has 0 aliphatic rings. The van der Waals surface area contributed by atoms with Gasteiger partial charge in [0.15, 0.2) is 0 Å². The Morgan fingerprint density at radius 3 is 2.08 bits per heavy atom. The molecule has 12 heavy (non-hydrogen) atoms. The Hall–Kier alpha value is 0.150. The first-order valence-electron chi connectivity index (χ1n) is 3.05. The largest absolute Gasteiger partial charge is 0.480 e. The predicted octanol–water partition coefficient (Wildman–Crippen LogP) is -0.328. The molecular weight excluding hydrogens is 218 g/mol. The van der Waals surface area contributed by atoms with Crippen molar-refractivity contribution in [2.24, 2.45) is 5.73 Å². The van der Waals surface area contributed by atoms with Crippen molar-refractivity contribution in [1.82, 2.24) is 0 Å². The Morgan fingerprint density at radius 2 is 2.08 bits per heavy atom. The van der Waals surface area contributed by atoms with Crippen LogP contribution in [0.2, 0.25) is 0 Å². The van der Waals surface area contributed by atoms with Gasteiger partial charge in [0.2, 0.25) is 5.75 Å². The molecule has 0 rings (SSSR count). The number of carboxylic acid groups (broad SMARTS) is 1. The molecule has 0 saturated carbocycles. The van der Waals surface area contributed by atoms with Crippen molar-refractivity contribution in [1.29, 1.82) is 0 Å². The van der Waals surface area contributed by atoms with Gasteiger partial charge in [0.1, 0.15) is 6.04 Å². The Balaban J connectivity index is 0. The molecule has 0 bridgehead atoms. The number of thiol groups is 2. The fourth-order valence-corrected chi connectivity index (χ4v) is 0.570. The number of carbonyl (C=O) groups is 1. The van der Waals surface area contributed by atoms with E-state index in [1.807, 2.05) is 0 Å². The molecule has 0 aliphatic heterocycles. The molecule has 72 valence electrons. The van der Waals surface area contributed by atoms with Gasteiger partial charge in [-0.2, -0.15) is 25.3 Å². The van der Waals surface area contributed by atoms with Crippen LogP contribution in [0.1, 0.15) is 0 Å². The molecule has 0 amide bonds. The highest BCUT2D eigenvalue weighted by atomic mass is 32.1. The molecule has 0 spiro atoms. The van der Waals surface area contributed by atoms with Crippen LogP contribution in [0, 0.1) is 0 Å². The Morgan fingerprint density at radius 1 is 1.58 bits per heavy atom. The number of carboxylic acids is 1. The molecule has 1 atom stereocenters. The molecular formula is C5H12NO3S3+. The van der Waals surface area contributed by atoms with Crippen LogP contribution in [0.15, 0.2) is 0 Å². The van der Waals surface area contributed by atoms with Crippen LogP contribution >= 0.6 is 25.3 Å². The van der Waals surface area contributed by atoms with Crippen molar-refractivity contribution in [3.8, 4) is 0 Å². The third kappa shape index (κ3) is 12.8. The average molecular weight is 230 g/mol. The molecule has 3 N–H and O–H groups in total. The molecule has 0 saturated heterocycles. The third-order valence-corrected chi connectivity index (χ3v) is 1.98. The monoisotopic (exact) mass is 230 g/mol. The van der Waals surface area contributed by atoms with E-state index in [1.165, 1.54) is 0 Å². The van der Waals surface area contributed by atoms with Crippen LogP contribution in [-0.2, 0) is 20.7 Å². The first-order valence-corrected chi connectivity index (χ1v) is 5.22. The number of nitrogens with two attached hydrogens (primary N) is 1. The first kappa shape index (κ1) is 14.7. The van der Waals surface area contributed by atoms with E-state index in [0.717, 1.165) is 0 Å². The van der Waals surface area contributed by atoms with Gasteiger partial charge in [-0.05, 0) is 0 Å². The second-order valence-corrected chi connectivity index (χ2v) is 3.13. The summed E-state index contributed by atoms with van der Waals surface area (Å²) in [5.41, 5.74) is 4.94. The van der Waals surface area contributed by atoms with Gasteiger partial charge in [-0.3, -0.25) is 4.79 Å². The van der Waals surface area contributed by atoms with Crippen molar-refractivity contribution in [3.63, 3.8) is 0 Å². The van der Waals surface area contributed by atoms with E-state index >= 15 is 0 Å². The van der Waals surface area contributed by atoms with E-state index in [9.17, 15) is 9.00 Å². The Kier molecular flexibility index (Phi) is 13.6. The SMILES string of the molecule is N[C@@H](CS)C(=O)O.O=[S+]CCS. The fraction of sp³-hybridized carbons (Fsp3) is 0.800. The van der Waals surface area contributed by atoms with E-state index in [4.69, 9.17) is 10.8 Å². The molecule has 0 aromatic rings. The maximum absolute atomic E-state index is 9.76. The van der Waals surface area contributed by atoms with Gasteiger partial charge in [-0.1, -0.05) is 0 Å². The number of aliphatic carboxylic acids is 1. The summed E-state index contributed by atoms with van der Waals surface area (Å²) < 4.78 is 9.40. The van der Waals surface area contributed by atoms with E-state index in [-0.39, 0.29) is 5.75 Å². The summed E-state index contributed by atoms with van der Waals surface area (Å²) in [7, 11) is 0. The lowest BCUT2D eigenvalue weighted by atomic mass is 10.4. The zero-order valence-electron chi connectivity index (χ0n) is 6.34. The fourth-order valence-electron chi connectivity index (χ4n) is 0.115. The predicted molar refractivity (Wildman–Crippen MR) is 56.2 cm³/mol. The maximum atomic E-state index is 9.76. The normalized spacial score (nSPS) is 10.9. The first-order chi connectivity index (χ1) is 5.59. The van der Waals surface area contributed by atoms with Crippen LogP contribution in [-0.4, -0.2) is 34.4 Å². The highest BCUT2D eigenvalue weighted by Crippen LogP contribution is 1.80. The van der Waals surface area contributed by atoms with Gasteiger partial charge in [0, 0.05) is 15.7 Å². The van der Waals surface area contributed by atoms with Gasteiger partial charge in [0.25, 0.3) is 0 Å². The molecule has 0 aromatic heterocycles. The minimum atomic E-state index is -1.00. The van der Waals surface area contributed by atoms with E-state index in [2.05, 4.69) is 25.3 Å². The lowest BCUT2D eigenvalue weighted by Gasteiger charge is -1.96. The van der Waals surface area contributed by atoms with Crippen LogP contribution < -0.4 is 5.73 Å². The molecule has 0 unspecified atom stereocenters. The summed E-state index contributed by atoms with van der Waals surface area (Å²) in [6, 6.07) is -0.816. The number of hydrogen-bond donors (Lipinski definition) is 4. The van der Waals surface area contributed by atoms with Crippen molar-refractivity contribution in [3.05, 3.63) is 0 Å². The maximum Gasteiger partial charge on any atom is 0.459 e. The van der Waals surface area contributed by atoms with E-state index in [1.54, 1.807) is 0 Å². The van der Waals surface area contributed by atoms with Crippen molar-refractivity contribution >= 4 is 42.9 Å². The van der Waals surface area contributed by atoms with E-state index in [0.29, 0.717) is 23.2 Å². The Labute approximate surface area is 86.2 Å². The highest BCUT2D eigenvalue weighted by Gasteiger charge is 2.06. The smallest absolute Gasteiger partial charge is 0.459 e. The van der Waals surface area contributed by atoms with Gasteiger partial charge in [-0.15, -0.1) is 0 Å². The quantitative estimate of drug-likeness (QED) is 0.394. The third-order valence-electron chi connectivity index (χ3n) is 0.689. The van der Waals surface area contributed by atoms with Crippen molar-refractivity contribution in [2.45, 2.75) is 6.04 Å². The zero-order valence-corrected chi connectivity index (χ0v) is 8.95.